The lowest BCUT2D eigenvalue weighted by Crippen LogP contribution is -1.99. The van der Waals surface area contributed by atoms with Gasteiger partial charge in [0, 0.05) is 16.7 Å². The molecule has 0 unspecified atom stereocenters. The summed E-state index contributed by atoms with van der Waals surface area (Å²) in [6.07, 6.45) is 1.83. The Bertz CT molecular complexity index is 437. The van der Waals surface area contributed by atoms with Crippen molar-refractivity contribution in [1.29, 1.82) is 0 Å². The minimum Gasteiger partial charge on any atom is -0.324 e. The van der Waals surface area contributed by atoms with Crippen LogP contribution >= 0.6 is 11.9 Å². The summed E-state index contributed by atoms with van der Waals surface area (Å²) in [5.41, 5.74) is 3.35. The molecule has 0 fully saturated rings. The maximum atomic E-state index is 4.38. The fraction of sp³-hybridized carbons (Fsp3) is 0. The van der Waals surface area contributed by atoms with Crippen molar-refractivity contribution in [1.82, 2.24) is 4.98 Å². The molecule has 2 nitrogen and oxygen atoms in total. The van der Waals surface area contributed by atoms with Gasteiger partial charge < -0.3 is 4.72 Å². The van der Waals surface area contributed by atoms with Crippen LogP contribution in [0.25, 0.3) is 11.3 Å². The zero-order valence-electron chi connectivity index (χ0n) is 7.40. The van der Waals surface area contributed by atoms with Crippen molar-refractivity contribution >= 4 is 17.6 Å². The molecule has 1 aliphatic rings. The maximum absolute atomic E-state index is 4.38. The van der Waals surface area contributed by atoms with Crippen LogP contribution in [0.1, 0.15) is 0 Å². The van der Waals surface area contributed by atoms with Crippen LogP contribution < -0.4 is 4.72 Å². The number of hydrogen-bond acceptors (Lipinski definition) is 3. The van der Waals surface area contributed by atoms with Crippen LogP contribution in [-0.2, 0) is 0 Å². The fourth-order valence-corrected chi connectivity index (χ4v) is 2.37. The highest BCUT2D eigenvalue weighted by Gasteiger charge is 2.15. The normalized spacial score (nSPS) is 12.6. The van der Waals surface area contributed by atoms with Crippen molar-refractivity contribution < 1.29 is 0 Å². The Morgan fingerprint density at radius 1 is 1.07 bits per heavy atom. The number of anilines is 1. The molecule has 1 aromatic heterocycles. The molecule has 0 amide bonds. The van der Waals surface area contributed by atoms with Gasteiger partial charge in [0.15, 0.2) is 0 Å². The summed E-state index contributed by atoms with van der Waals surface area (Å²) in [5, 5.41) is 0. The van der Waals surface area contributed by atoms with E-state index in [1.165, 1.54) is 10.5 Å². The van der Waals surface area contributed by atoms with E-state index in [9.17, 15) is 0 Å². The van der Waals surface area contributed by atoms with Crippen molar-refractivity contribution in [3.05, 3.63) is 42.6 Å². The molecule has 0 aliphatic carbocycles. The van der Waals surface area contributed by atoms with Gasteiger partial charge >= 0.3 is 0 Å². The maximum Gasteiger partial charge on any atom is 0.0953 e. The van der Waals surface area contributed by atoms with E-state index in [1.54, 1.807) is 11.9 Å². The van der Waals surface area contributed by atoms with E-state index in [4.69, 9.17) is 0 Å². The van der Waals surface area contributed by atoms with Crippen molar-refractivity contribution in [3.8, 4) is 11.3 Å². The number of hydrogen-bond donors (Lipinski definition) is 1. The van der Waals surface area contributed by atoms with Crippen LogP contribution in [0, 0.1) is 0 Å². The second-order valence-electron chi connectivity index (χ2n) is 3.10. The number of benzene rings is 1. The molecular formula is C11H8N2S. The average molecular weight is 200 g/mol. The highest BCUT2D eigenvalue weighted by atomic mass is 32.2. The molecule has 0 spiro atoms. The highest BCUT2D eigenvalue weighted by molar-refractivity contribution is 8.00. The zero-order chi connectivity index (χ0) is 9.38. The number of nitrogens with zero attached hydrogens (tertiary/aromatic N) is 1. The summed E-state index contributed by atoms with van der Waals surface area (Å²) in [7, 11) is 0. The molecule has 1 aromatic carbocycles. The van der Waals surface area contributed by atoms with Gasteiger partial charge in [0.05, 0.1) is 11.4 Å². The molecule has 0 saturated heterocycles. The van der Waals surface area contributed by atoms with Gasteiger partial charge in [-0.3, -0.25) is 4.98 Å². The van der Waals surface area contributed by atoms with Gasteiger partial charge in [0.2, 0.25) is 0 Å². The van der Waals surface area contributed by atoms with E-state index in [-0.39, 0.29) is 0 Å². The van der Waals surface area contributed by atoms with Crippen molar-refractivity contribution in [2.45, 2.75) is 4.90 Å². The van der Waals surface area contributed by atoms with Crippen LogP contribution in [0.4, 0.5) is 5.69 Å². The van der Waals surface area contributed by atoms with Crippen LogP contribution in [0.3, 0.4) is 0 Å². The van der Waals surface area contributed by atoms with Gasteiger partial charge in [0.25, 0.3) is 0 Å². The summed E-state index contributed by atoms with van der Waals surface area (Å²) in [6, 6.07) is 12.3. The van der Waals surface area contributed by atoms with E-state index < -0.39 is 0 Å². The minimum absolute atomic E-state index is 1.04. The van der Waals surface area contributed by atoms with Gasteiger partial charge in [-0.05, 0) is 30.1 Å². The second-order valence-corrected chi connectivity index (χ2v) is 3.95. The molecule has 0 saturated carbocycles. The Morgan fingerprint density at radius 3 is 3.00 bits per heavy atom. The van der Waals surface area contributed by atoms with Crippen LogP contribution in [-0.4, -0.2) is 4.98 Å². The summed E-state index contributed by atoms with van der Waals surface area (Å²) in [6.45, 7) is 0. The van der Waals surface area contributed by atoms with Gasteiger partial charge in [0.1, 0.15) is 0 Å². The summed E-state index contributed by atoms with van der Waals surface area (Å²) >= 11 is 1.64. The molecule has 1 aliphatic heterocycles. The summed E-state index contributed by atoms with van der Waals surface area (Å²) < 4.78 is 3.27. The first-order valence-electron chi connectivity index (χ1n) is 4.42. The van der Waals surface area contributed by atoms with Crippen LogP contribution in [0.2, 0.25) is 0 Å². The number of fused-ring (bicyclic) bond motifs is 3. The Morgan fingerprint density at radius 2 is 2.00 bits per heavy atom. The molecule has 3 heteroatoms. The van der Waals surface area contributed by atoms with Gasteiger partial charge in [-0.2, -0.15) is 0 Å². The lowest BCUT2D eigenvalue weighted by atomic mass is 10.1. The topological polar surface area (TPSA) is 24.9 Å². The standard InChI is InChI=1S/C11H8N2S/c1-2-6-10-8(4-1)11-9(13-14-10)5-3-7-12-11/h1-7,13H. The lowest BCUT2D eigenvalue weighted by molar-refractivity contribution is 1.28. The quantitative estimate of drug-likeness (QED) is 0.661. The molecule has 2 heterocycles. The smallest absolute Gasteiger partial charge is 0.0953 e. The Kier molecular flexibility index (Phi) is 1.70. The zero-order valence-corrected chi connectivity index (χ0v) is 8.21. The predicted octanol–water partition coefficient (Wildman–Crippen LogP) is 3.18. The van der Waals surface area contributed by atoms with E-state index in [0.29, 0.717) is 0 Å². The van der Waals surface area contributed by atoms with E-state index in [1.807, 2.05) is 30.5 Å². The minimum atomic E-state index is 1.04. The Balaban J connectivity index is 2.29. The molecule has 0 radical (unpaired) electrons. The first kappa shape index (κ1) is 7.88. The molecule has 2 aromatic rings. The third kappa shape index (κ3) is 1.09. The number of pyridine rings is 1. The summed E-state index contributed by atoms with van der Waals surface area (Å²) in [4.78, 5) is 5.62. The molecule has 3 rings (SSSR count). The van der Waals surface area contributed by atoms with Gasteiger partial charge in [-0.1, -0.05) is 18.2 Å². The molecule has 0 atom stereocenters. The summed E-state index contributed by atoms with van der Waals surface area (Å²) in [5.74, 6) is 0. The Labute approximate surface area is 86.5 Å². The largest absolute Gasteiger partial charge is 0.324 e. The Hall–Kier alpha value is -1.48. The first-order chi connectivity index (χ1) is 6.95. The monoisotopic (exact) mass is 200 g/mol. The third-order valence-electron chi connectivity index (χ3n) is 2.22. The van der Waals surface area contributed by atoms with E-state index >= 15 is 0 Å². The molecule has 14 heavy (non-hydrogen) atoms. The number of nitrogens with one attached hydrogen (secondary N) is 1. The predicted molar refractivity (Wildman–Crippen MR) is 59.2 cm³/mol. The van der Waals surface area contributed by atoms with Gasteiger partial charge in [-0.25, -0.2) is 0 Å². The van der Waals surface area contributed by atoms with Crippen LogP contribution in [0.15, 0.2) is 47.5 Å². The molecule has 68 valence electrons. The SMILES string of the molecule is c1cnc2c(c1)NSc1ccccc1-2. The average Bonchev–Trinajstić information content (AvgIpc) is 2.29. The van der Waals surface area contributed by atoms with Crippen molar-refractivity contribution in [2.75, 3.05) is 4.72 Å². The second kappa shape index (κ2) is 3.03. The van der Waals surface area contributed by atoms with E-state index in [2.05, 4.69) is 21.8 Å². The van der Waals surface area contributed by atoms with Crippen molar-refractivity contribution in [3.63, 3.8) is 0 Å². The first-order valence-corrected chi connectivity index (χ1v) is 5.24. The molecule has 1 N–H and O–H groups in total. The third-order valence-corrected chi connectivity index (χ3v) is 3.12. The molecule has 0 bridgehead atoms. The highest BCUT2D eigenvalue weighted by Crippen LogP contribution is 2.39. The van der Waals surface area contributed by atoms with Crippen LogP contribution in [0.5, 0.6) is 0 Å². The number of aromatic nitrogens is 1. The van der Waals surface area contributed by atoms with E-state index in [0.717, 1.165) is 11.4 Å². The van der Waals surface area contributed by atoms with Gasteiger partial charge in [-0.15, -0.1) is 0 Å². The molecular weight excluding hydrogens is 192 g/mol. The fourth-order valence-electron chi connectivity index (χ4n) is 1.56. The number of rotatable bonds is 0. The van der Waals surface area contributed by atoms with Crippen molar-refractivity contribution in [2.24, 2.45) is 0 Å². The lowest BCUT2D eigenvalue weighted by Gasteiger charge is -2.18.